The Kier molecular flexibility index (Phi) is 13.3. The minimum absolute atomic E-state index is 0. The monoisotopic (exact) mass is 560 g/mol. The summed E-state index contributed by atoms with van der Waals surface area (Å²) in [4.78, 5) is 7.29. The van der Waals surface area contributed by atoms with Crippen molar-refractivity contribution < 1.29 is 14.2 Å². The fourth-order valence-electron chi connectivity index (χ4n) is 3.85. The SMILES string of the molecule is CCNC(=NCc1ccc(C)cc1OCC1CCOC1)NCCCCN1CCOCC1.I. The van der Waals surface area contributed by atoms with Gasteiger partial charge in [0.1, 0.15) is 5.75 Å². The molecule has 1 aromatic rings. The molecule has 2 saturated heterocycles. The molecule has 8 heteroatoms. The molecule has 0 saturated carbocycles. The topological polar surface area (TPSA) is 67.4 Å². The third-order valence-electron chi connectivity index (χ3n) is 5.77. The zero-order valence-electron chi connectivity index (χ0n) is 19.7. The van der Waals surface area contributed by atoms with Gasteiger partial charge in [-0.2, -0.15) is 0 Å². The summed E-state index contributed by atoms with van der Waals surface area (Å²) in [5.41, 5.74) is 2.32. The predicted molar refractivity (Wildman–Crippen MR) is 140 cm³/mol. The number of benzene rings is 1. The van der Waals surface area contributed by atoms with Crippen LogP contribution in [0.2, 0.25) is 0 Å². The molecule has 2 fully saturated rings. The Labute approximate surface area is 210 Å². The molecular weight excluding hydrogens is 519 g/mol. The van der Waals surface area contributed by atoms with Crippen molar-refractivity contribution in [2.24, 2.45) is 10.9 Å². The third kappa shape index (κ3) is 9.80. The highest BCUT2D eigenvalue weighted by Crippen LogP contribution is 2.23. The number of nitrogens with one attached hydrogen (secondary N) is 2. The van der Waals surface area contributed by atoms with E-state index in [1.807, 2.05) is 0 Å². The lowest BCUT2D eigenvalue weighted by molar-refractivity contribution is 0.0372. The Bertz CT molecular complexity index is 677. The first-order valence-electron chi connectivity index (χ1n) is 11.9. The van der Waals surface area contributed by atoms with Gasteiger partial charge in [-0.15, -0.1) is 24.0 Å². The largest absolute Gasteiger partial charge is 0.493 e. The van der Waals surface area contributed by atoms with Gasteiger partial charge >= 0.3 is 0 Å². The van der Waals surface area contributed by atoms with Crippen LogP contribution in [0.5, 0.6) is 5.75 Å². The first kappa shape index (κ1) is 27.1. The van der Waals surface area contributed by atoms with Crippen LogP contribution in [0.3, 0.4) is 0 Å². The zero-order valence-corrected chi connectivity index (χ0v) is 22.1. The summed E-state index contributed by atoms with van der Waals surface area (Å²) in [6, 6.07) is 6.38. The molecule has 2 aliphatic heterocycles. The summed E-state index contributed by atoms with van der Waals surface area (Å²) < 4.78 is 17.0. The molecule has 3 rings (SSSR count). The molecule has 1 unspecified atom stereocenters. The fraction of sp³-hybridized carbons (Fsp3) is 0.708. The highest BCUT2D eigenvalue weighted by atomic mass is 127. The van der Waals surface area contributed by atoms with E-state index in [0.29, 0.717) is 19.1 Å². The van der Waals surface area contributed by atoms with Gasteiger partial charge in [0, 0.05) is 44.3 Å². The molecule has 2 aliphatic rings. The summed E-state index contributed by atoms with van der Waals surface area (Å²) in [6.45, 7) is 13.9. The Morgan fingerprint density at radius 2 is 2.00 bits per heavy atom. The summed E-state index contributed by atoms with van der Waals surface area (Å²) >= 11 is 0. The highest BCUT2D eigenvalue weighted by molar-refractivity contribution is 14.0. The lowest BCUT2D eigenvalue weighted by atomic mass is 10.1. The molecule has 2 N–H and O–H groups in total. The van der Waals surface area contributed by atoms with E-state index in [2.05, 4.69) is 47.6 Å². The molecule has 0 aromatic heterocycles. The number of unbranched alkanes of at least 4 members (excludes halogenated alkanes) is 1. The summed E-state index contributed by atoms with van der Waals surface area (Å²) in [6.07, 6.45) is 3.40. The minimum Gasteiger partial charge on any atom is -0.493 e. The summed E-state index contributed by atoms with van der Waals surface area (Å²) in [5, 5.41) is 6.83. The number of aryl methyl sites for hydroxylation is 1. The van der Waals surface area contributed by atoms with Crippen LogP contribution in [0.1, 0.15) is 37.3 Å². The number of guanidine groups is 1. The lowest BCUT2D eigenvalue weighted by Gasteiger charge is -2.26. The molecule has 7 nitrogen and oxygen atoms in total. The summed E-state index contributed by atoms with van der Waals surface area (Å²) in [7, 11) is 0. The van der Waals surface area contributed by atoms with Crippen LogP contribution in [0, 0.1) is 12.8 Å². The number of rotatable bonds is 11. The van der Waals surface area contributed by atoms with Crippen molar-refractivity contribution in [2.45, 2.75) is 39.7 Å². The Hall–Kier alpha value is -1.10. The van der Waals surface area contributed by atoms with Crippen LogP contribution in [0.25, 0.3) is 0 Å². The normalized spacial score (nSPS) is 19.4. The van der Waals surface area contributed by atoms with Crippen LogP contribution in [-0.4, -0.2) is 76.6 Å². The van der Waals surface area contributed by atoms with E-state index in [9.17, 15) is 0 Å². The van der Waals surface area contributed by atoms with Gasteiger partial charge in [-0.25, -0.2) is 4.99 Å². The number of halogens is 1. The maximum absolute atomic E-state index is 6.16. The van der Waals surface area contributed by atoms with Crippen molar-refractivity contribution in [2.75, 3.05) is 65.8 Å². The smallest absolute Gasteiger partial charge is 0.191 e. The first-order chi connectivity index (χ1) is 15.2. The number of hydrogen-bond donors (Lipinski definition) is 2. The van der Waals surface area contributed by atoms with Gasteiger partial charge in [-0.3, -0.25) is 4.90 Å². The molecule has 0 aliphatic carbocycles. The van der Waals surface area contributed by atoms with E-state index in [1.165, 1.54) is 12.0 Å². The Morgan fingerprint density at radius 1 is 1.16 bits per heavy atom. The minimum atomic E-state index is 0. The van der Waals surface area contributed by atoms with Crippen molar-refractivity contribution in [3.05, 3.63) is 29.3 Å². The van der Waals surface area contributed by atoms with Crippen molar-refractivity contribution in [3.63, 3.8) is 0 Å². The number of aliphatic imine (C=N–C) groups is 1. The van der Waals surface area contributed by atoms with Crippen molar-refractivity contribution in [1.82, 2.24) is 15.5 Å². The molecule has 1 atom stereocenters. The Balaban J connectivity index is 0.00000363. The highest BCUT2D eigenvalue weighted by Gasteiger charge is 2.17. The van der Waals surface area contributed by atoms with E-state index in [-0.39, 0.29) is 24.0 Å². The molecule has 0 amide bonds. The molecule has 182 valence electrons. The van der Waals surface area contributed by atoms with Gasteiger partial charge < -0.3 is 24.8 Å². The molecule has 1 aromatic carbocycles. The first-order valence-corrected chi connectivity index (χ1v) is 11.9. The van der Waals surface area contributed by atoms with Crippen molar-refractivity contribution in [1.29, 1.82) is 0 Å². The van der Waals surface area contributed by atoms with Crippen LogP contribution < -0.4 is 15.4 Å². The maximum atomic E-state index is 6.16. The second kappa shape index (κ2) is 15.7. The van der Waals surface area contributed by atoms with Crippen LogP contribution in [0.4, 0.5) is 0 Å². The molecule has 2 heterocycles. The number of hydrogen-bond acceptors (Lipinski definition) is 5. The second-order valence-electron chi connectivity index (χ2n) is 8.43. The van der Waals surface area contributed by atoms with E-state index in [4.69, 9.17) is 19.2 Å². The van der Waals surface area contributed by atoms with Crippen molar-refractivity contribution in [3.8, 4) is 5.75 Å². The predicted octanol–water partition coefficient (Wildman–Crippen LogP) is 3.20. The lowest BCUT2D eigenvalue weighted by Crippen LogP contribution is -2.39. The summed E-state index contributed by atoms with van der Waals surface area (Å²) in [5.74, 6) is 2.30. The molecule has 0 spiro atoms. The zero-order chi connectivity index (χ0) is 21.7. The van der Waals surface area contributed by atoms with E-state index in [1.54, 1.807) is 0 Å². The number of morpholine rings is 1. The van der Waals surface area contributed by atoms with E-state index in [0.717, 1.165) is 89.3 Å². The quantitative estimate of drug-likeness (QED) is 0.188. The second-order valence-corrected chi connectivity index (χ2v) is 8.43. The average Bonchev–Trinajstić information content (AvgIpc) is 3.31. The van der Waals surface area contributed by atoms with E-state index >= 15 is 0 Å². The van der Waals surface area contributed by atoms with Gasteiger partial charge in [0.2, 0.25) is 0 Å². The van der Waals surface area contributed by atoms with Gasteiger partial charge in [0.05, 0.1) is 33.0 Å². The van der Waals surface area contributed by atoms with E-state index < -0.39 is 0 Å². The van der Waals surface area contributed by atoms with Gasteiger partial charge in [-0.05, 0) is 51.3 Å². The van der Waals surface area contributed by atoms with Gasteiger partial charge in [0.25, 0.3) is 0 Å². The third-order valence-corrected chi connectivity index (χ3v) is 5.77. The van der Waals surface area contributed by atoms with Crippen LogP contribution in [-0.2, 0) is 16.0 Å². The number of ether oxygens (including phenoxy) is 3. The molecule has 0 radical (unpaired) electrons. The molecular formula is C24H41IN4O3. The maximum Gasteiger partial charge on any atom is 0.191 e. The van der Waals surface area contributed by atoms with Gasteiger partial charge in [-0.1, -0.05) is 12.1 Å². The standard InChI is InChI=1S/C24H40N4O3.HI/c1-3-25-24(26-9-4-5-10-28-11-14-29-15-12-28)27-17-22-7-6-20(2)16-23(22)31-19-21-8-13-30-18-21;/h6-7,16,21H,3-5,8-15,17-19H2,1-2H3,(H2,25,26,27);1H. The number of nitrogens with zero attached hydrogens (tertiary/aromatic N) is 2. The fourth-order valence-corrected chi connectivity index (χ4v) is 3.85. The van der Waals surface area contributed by atoms with Gasteiger partial charge in [0.15, 0.2) is 5.96 Å². The van der Waals surface area contributed by atoms with Crippen LogP contribution >= 0.6 is 24.0 Å². The van der Waals surface area contributed by atoms with Crippen molar-refractivity contribution >= 4 is 29.9 Å². The Morgan fingerprint density at radius 3 is 2.75 bits per heavy atom. The molecule has 0 bridgehead atoms. The van der Waals surface area contributed by atoms with Crippen LogP contribution in [0.15, 0.2) is 23.2 Å². The molecule has 32 heavy (non-hydrogen) atoms. The average molecular weight is 561 g/mol.